The smallest absolute Gasteiger partial charge is 0.0709 e. The minimum absolute atomic E-state index is 0.130. The van der Waals surface area contributed by atoms with E-state index in [9.17, 15) is 0 Å². The van der Waals surface area contributed by atoms with Gasteiger partial charge in [0.2, 0.25) is 0 Å². The van der Waals surface area contributed by atoms with Gasteiger partial charge in [0.1, 0.15) is 0 Å². The third-order valence-electron chi connectivity index (χ3n) is 2.27. The van der Waals surface area contributed by atoms with Gasteiger partial charge in [0.05, 0.1) is 5.69 Å². The Kier molecular flexibility index (Phi) is 3.32. The summed E-state index contributed by atoms with van der Waals surface area (Å²) in [6.45, 7) is 7.34. The van der Waals surface area contributed by atoms with Crippen LogP contribution in [0.2, 0.25) is 0 Å². The first-order chi connectivity index (χ1) is 6.45. The van der Waals surface area contributed by atoms with E-state index in [0.29, 0.717) is 0 Å². The normalized spacial score (nSPS) is 12.1. The van der Waals surface area contributed by atoms with E-state index >= 15 is 0 Å². The molecule has 0 aliphatic rings. The van der Waals surface area contributed by atoms with Crippen molar-refractivity contribution in [2.45, 2.75) is 39.0 Å². The molecule has 0 aromatic carbocycles. The molecule has 0 saturated carbocycles. The summed E-state index contributed by atoms with van der Waals surface area (Å²) in [5, 5.41) is 4.51. The van der Waals surface area contributed by atoms with Gasteiger partial charge in [-0.3, -0.25) is 4.68 Å². The van der Waals surface area contributed by atoms with E-state index in [0.717, 1.165) is 19.4 Å². The molecular weight excluding hydrogens is 174 g/mol. The molecule has 0 bridgehead atoms. The molecule has 80 valence electrons. The number of nitrogens with two attached hydrogens (primary N) is 1. The second-order valence-corrected chi connectivity index (χ2v) is 4.82. The van der Waals surface area contributed by atoms with Crippen molar-refractivity contribution in [1.29, 1.82) is 0 Å². The molecule has 0 aliphatic heterocycles. The quantitative estimate of drug-likeness (QED) is 0.796. The van der Waals surface area contributed by atoms with Gasteiger partial charge in [-0.05, 0) is 24.9 Å². The molecule has 14 heavy (non-hydrogen) atoms. The summed E-state index contributed by atoms with van der Waals surface area (Å²) in [5.74, 6) is 0. The number of aryl methyl sites for hydroxylation is 2. The molecule has 1 aromatic heterocycles. The second-order valence-electron chi connectivity index (χ2n) is 4.82. The number of hydrogen-bond acceptors (Lipinski definition) is 2. The molecule has 0 fully saturated rings. The topological polar surface area (TPSA) is 43.8 Å². The summed E-state index contributed by atoms with van der Waals surface area (Å²) in [5.41, 5.74) is 8.19. The van der Waals surface area contributed by atoms with E-state index < -0.39 is 0 Å². The summed E-state index contributed by atoms with van der Waals surface area (Å²) in [6, 6.07) is 0. The zero-order valence-corrected chi connectivity index (χ0v) is 9.67. The maximum Gasteiger partial charge on any atom is 0.0709 e. The van der Waals surface area contributed by atoms with Crippen LogP contribution in [0.5, 0.6) is 0 Å². The van der Waals surface area contributed by atoms with Crippen LogP contribution in [0.4, 0.5) is 0 Å². The zero-order chi connectivity index (χ0) is 10.8. The van der Waals surface area contributed by atoms with Crippen molar-refractivity contribution in [3.63, 3.8) is 0 Å². The van der Waals surface area contributed by atoms with Crippen molar-refractivity contribution in [2.24, 2.45) is 12.8 Å². The van der Waals surface area contributed by atoms with Crippen molar-refractivity contribution < 1.29 is 0 Å². The molecule has 0 saturated heterocycles. The highest BCUT2D eigenvalue weighted by molar-refractivity contribution is 5.24. The molecule has 3 nitrogen and oxygen atoms in total. The first kappa shape index (κ1) is 11.2. The van der Waals surface area contributed by atoms with Gasteiger partial charge < -0.3 is 5.73 Å². The summed E-state index contributed by atoms with van der Waals surface area (Å²) >= 11 is 0. The van der Waals surface area contributed by atoms with Crippen molar-refractivity contribution in [2.75, 3.05) is 6.54 Å². The molecule has 1 aromatic rings. The second kappa shape index (κ2) is 4.13. The molecule has 0 aliphatic carbocycles. The van der Waals surface area contributed by atoms with E-state index in [1.807, 2.05) is 11.7 Å². The van der Waals surface area contributed by atoms with Crippen molar-refractivity contribution in [1.82, 2.24) is 9.78 Å². The lowest BCUT2D eigenvalue weighted by atomic mass is 9.88. The minimum atomic E-state index is 0.130. The van der Waals surface area contributed by atoms with Gasteiger partial charge in [0.25, 0.3) is 0 Å². The lowest BCUT2D eigenvalue weighted by Gasteiger charge is -2.17. The Bertz CT molecular complexity index is 294. The average molecular weight is 195 g/mol. The van der Waals surface area contributed by atoms with Crippen molar-refractivity contribution >= 4 is 0 Å². The first-order valence-electron chi connectivity index (χ1n) is 5.18. The Morgan fingerprint density at radius 1 is 1.43 bits per heavy atom. The van der Waals surface area contributed by atoms with Gasteiger partial charge in [0.15, 0.2) is 0 Å². The van der Waals surface area contributed by atoms with Crippen LogP contribution in [0.1, 0.15) is 38.4 Å². The number of hydrogen-bond donors (Lipinski definition) is 1. The molecule has 0 radical (unpaired) electrons. The van der Waals surface area contributed by atoms with Crippen LogP contribution < -0.4 is 5.73 Å². The number of aromatic nitrogens is 2. The first-order valence-corrected chi connectivity index (χ1v) is 5.18. The largest absolute Gasteiger partial charge is 0.330 e. The van der Waals surface area contributed by atoms with Crippen LogP contribution in [0.15, 0.2) is 6.20 Å². The van der Waals surface area contributed by atoms with Crippen LogP contribution >= 0.6 is 0 Å². The zero-order valence-electron chi connectivity index (χ0n) is 9.67. The van der Waals surface area contributed by atoms with Crippen molar-refractivity contribution in [3.8, 4) is 0 Å². The average Bonchev–Trinajstić information content (AvgIpc) is 2.42. The van der Waals surface area contributed by atoms with Gasteiger partial charge in [-0.15, -0.1) is 0 Å². The molecule has 1 rings (SSSR count). The number of nitrogens with zero attached hydrogens (tertiary/aromatic N) is 2. The highest BCUT2D eigenvalue weighted by atomic mass is 15.3. The Labute approximate surface area is 86.3 Å². The Balaban J connectivity index is 2.91. The standard InChI is InChI=1S/C11H21N3/c1-11(2,3)10-9(6-5-7-12)8-14(4)13-10/h8H,5-7,12H2,1-4H3. The monoisotopic (exact) mass is 195 g/mol. The summed E-state index contributed by atoms with van der Waals surface area (Å²) in [7, 11) is 1.97. The minimum Gasteiger partial charge on any atom is -0.330 e. The third-order valence-corrected chi connectivity index (χ3v) is 2.27. The van der Waals surface area contributed by atoms with Crippen LogP contribution in [0.25, 0.3) is 0 Å². The molecule has 0 unspecified atom stereocenters. The predicted octanol–water partition coefficient (Wildman–Crippen LogP) is 1.61. The third kappa shape index (κ3) is 2.58. The fourth-order valence-electron chi connectivity index (χ4n) is 1.64. The van der Waals surface area contributed by atoms with Gasteiger partial charge in [-0.2, -0.15) is 5.10 Å². The Morgan fingerprint density at radius 2 is 2.07 bits per heavy atom. The maximum atomic E-state index is 5.52. The fourth-order valence-corrected chi connectivity index (χ4v) is 1.64. The van der Waals surface area contributed by atoms with Crippen LogP contribution in [0.3, 0.4) is 0 Å². The molecule has 0 amide bonds. The molecule has 2 N–H and O–H groups in total. The van der Waals surface area contributed by atoms with E-state index in [2.05, 4.69) is 32.1 Å². The number of rotatable bonds is 3. The Morgan fingerprint density at radius 3 is 2.57 bits per heavy atom. The van der Waals surface area contributed by atoms with Gasteiger partial charge in [-0.1, -0.05) is 20.8 Å². The van der Waals surface area contributed by atoms with Gasteiger partial charge in [0, 0.05) is 18.7 Å². The molecule has 3 heteroatoms. The lowest BCUT2D eigenvalue weighted by Crippen LogP contribution is -2.15. The van der Waals surface area contributed by atoms with E-state index in [-0.39, 0.29) is 5.41 Å². The molecule has 0 atom stereocenters. The molecular formula is C11H21N3. The summed E-state index contributed by atoms with van der Waals surface area (Å²) in [6.07, 6.45) is 4.18. The summed E-state index contributed by atoms with van der Waals surface area (Å²) in [4.78, 5) is 0. The SMILES string of the molecule is Cn1cc(CCCN)c(C(C)(C)C)n1. The molecule has 0 spiro atoms. The van der Waals surface area contributed by atoms with Crippen LogP contribution in [0, 0.1) is 0 Å². The predicted molar refractivity (Wildman–Crippen MR) is 59.3 cm³/mol. The van der Waals surface area contributed by atoms with E-state index in [1.165, 1.54) is 11.3 Å². The lowest BCUT2D eigenvalue weighted by molar-refractivity contribution is 0.547. The Hall–Kier alpha value is -0.830. The van der Waals surface area contributed by atoms with E-state index in [1.54, 1.807) is 0 Å². The van der Waals surface area contributed by atoms with Crippen molar-refractivity contribution in [3.05, 3.63) is 17.5 Å². The molecule has 1 heterocycles. The van der Waals surface area contributed by atoms with Gasteiger partial charge >= 0.3 is 0 Å². The maximum absolute atomic E-state index is 5.52. The van der Waals surface area contributed by atoms with E-state index in [4.69, 9.17) is 5.73 Å². The van der Waals surface area contributed by atoms with Gasteiger partial charge in [-0.25, -0.2) is 0 Å². The van der Waals surface area contributed by atoms with Crippen LogP contribution in [-0.2, 0) is 18.9 Å². The van der Waals surface area contributed by atoms with Crippen LogP contribution in [-0.4, -0.2) is 16.3 Å². The summed E-state index contributed by atoms with van der Waals surface area (Å²) < 4.78 is 1.90. The highest BCUT2D eigenvalue weighted by Crippen LogP contribution is 2.24. The highest BCUT2D eigenvalue weighted by Gasteiger charge is 2.21. The fraction of sp³-hybridized carbons (Fsp3) is 0.727.